The van der Waals surface area contributed by atoms with Crippen LogP contribution in [0.4, 0.5) is 171 Å². The van der Waals surface area contributed by atoms with Crippen molar-refractivity contribution in [2.75, 3.05) is 18.5 Å². The summed E-state index contributed by atoms with van der Waals surface area (Å²) in [7, 11) is -3.63. The summed E-state index contributed by atoms with van der Waals surface area (Å²) in [6.07, 6.45) is -47.0. The fraction of sp³-hybridized carbons (Fsp3) is 1.00. The molecule has 0 rings (SSSR count). The minimum Gasteiger partial charge on any atom is -0.200 e. The first-order valence-corrected chi connectivity index (χ1v) is 18.0. The summed E-state index contributed by atoms with van der Waals surface area (Å²) in [4.78, 5) is 0. The molecule has 0 aromatic heterocycles. The summed E-state index contributed by atoms with van der Waals surface area (Å²) in [5.74, 6) is -122. The monoisotopic (exact) mass is 1110 g/mol. The maximum atomic E-state index is 14.2. The summed E-state index contributed by atoms with van der Waals surface area (Å²) in [6, 6.07) is 0. The predicted molar refractivity (Wildman–Crippen MR) is 142 cm³/mol. The highest BCUT2D eigenvalue weighted by molar-refractivity contribution is 7.57. The Hall–Kier alpha value is -2.30. The van der Waals surface area contributed by atoms with E-state index >= 15 is 0 Å². The molecule has 0 aromatic rings. The van der Waals surface area contributed by atoms with Crippen LogP contribution in [0, 0.1) is 0 Å². The molecule has 0 saturated carbocycles. The van der Waals surface area contributed by atoms with Crippen LogP contribution in [0.25, 0.3) is 0 Å². The Labute approximate surface area is 344 Å². The molecular formula is C27H18F39P. The van der Waals surface area contributed by atoms with Crippen LogP contribution in [0.3, 0.4) is 0 Å². The largest absolute Gasteiger partial charge is 0.460 e. The van der Waals surface area contributed by atoms with Gasteiger partial charge in [-0.3, -0.25) is 0 Å². The van der Waals surface area contributed by atoms with Crippen molar-refractivity contribution in [2.45, 2.75) is 146 Å². The molecule has 404 valence electrons. The minimum absolute atomic E-state index is 2.01. The van der Waals surface area contributed by atoms with Crippen LogP contribution in [0.2, 0.25) is 0 Å². The van der Waals surface area contributed by atoms with E-state index in [0.29, 0.717) is 0 Å². The molecule has 0 aliphatic rings. The second-order valence-electron chi connectivity index (χ2n) is 13.7. The lowest BCUT2D eigenvalue weighted by atomic mass is 9.92. The molecule has 67 heavy (non-hydrogen) atoms. The molecule has 0 heterocycles. The van der Waals surface area contributed by atoms with E-state index in [0.717, 1.165) is 0 Å². The van der Waals surface area contributed by atoms with Crippen molar-refractivity contribution in [3.05, 3.63) is 0 Å². The first-order chi connectivity index (χ1) is 28.5. The van der Waals surface area contributed by atoms with Crippen molar-refractivity contribution in [2.24, 2.45) is 0 Å². The highest BCUT2D eigenvalue weighted by Gasteiger charge is 2.93. The van der Waals surface area contributed by atoms with E-state index in [4.69, 9.17) is 0 Å². The first kappa shape index (κ1) is 64.7. The van der Waals surface area contributed by atoms with Crippen LogP contribution in [-0.4, -0.2) is 126 Å². The molecule has 0 atom stereocenters. The molecule has 0 saturated heterocycles. The Kier molecular flexibility index (Phi) is 17.5. The van der Waals surface area contributed by atoms with Crippen molar-refractivity contribution in [1.82, 2.24) is 0 Å². The van der Waals surface area contributed by atoms with Gasteiger partial charge in [-0.1, -0.05) is 0 Å². The van der Waals surface area contributed by atoms with E-state index in [9.17, 15) is 171 Å². The van der Waals surface area contributed by atoms with Crippen LogP contribution in [-0.2, 0) is 0 Å². The first-order valence-electron chi connectivity index (χ1n) is 16.1. The fourth-order valence-corrected chi connectivity index (χ4v) is 7.27. The normalized spacial score (nSPS) is 16.7. The summed E-state index contributed by atoms with van der Waals surface area (Å²) in [5.41, 5.74) is 0. The average molecular weight is 1110 g/mol. The van der Waals surface area contributed by atoms with Gasteiger partial charge in [-0.2, -0.15) is 171 Å². The smallest absolute Gasteiger partial charge is 0.200 e. The third kappa shape index (κ3) is 10.3. The molecule has 0 N–H and O–H groups in total. The number of halogens is 39. The molecule has 0 nitrogen and oxygen atoms in total. The van der Waals surface area contributed by atoms with Crippen molar-refractivity contribution in [3.63, 3.8) is 0 Å². The SMILES string of the molecule is FC(F)(F)C(F)(F)C(F)(F)C(F)(F)C(F)(F)C(F)(F)CCCP(CCCC(F)(F)C(F)(F)C(F)(F)C(F)(F)C(F)(F)C(F)(F)F)CCCC(F)(F)C(F)(F)C(F)(F)C(F)(F)C(F)(F)C(F)(F)F. The second kappa shape index (κ2) is 18.1. The maximum Gasteiger partial charge on any atom is 0.460 e. The third-order valence-corrected chi connectivity index (χ3v) is 11.7. The fourth-order valence-electron chi connectivity index (χ4n) is 4.79. The van der Waals surface area contributed by atoms with Gasteiger partial charge in [-0.15, -0.1) is 7.92 Å². The van der Waals surface area contributed by atoms with Crippen molar-refractivity contribution < 1.29 is 171 Å². The molecule has 0 spiro atoms. The highest BCUT2D eigenvalue weighted by atomic mass is 31.1. The van der Waals surface area contributed by atoms with Crippen LogP contribution >= 0.6 is 7.92 Å². The van der Waals surface area contributed by atoms with Gasteiger partial charge < -0.3 is 0 Å². The average Bonchev–Trinajstić information content (AvgIpc) is 3.08. The minimum atomic E-state index is -8.55. The molecule has 0 amide bonds. The molecule has 0 radical (unpaired) electrons. The van der Waals surface area contributed by atoms with Crippen molar-refractivity contribution in [3.8, 4) is 0 Å². The topological polar surface area (TPSA) is 0 Å². The standard InChI is InChI=1S/C27H18F39P/c28-10(29,13(34,35)16(40,41)19(46,47)22(52,53)25(58,59)60)4-1-7-67(8-2-5-11(30,31)14(36,37)17(42,43)20(48,49)23(54,55)26(61,62)63)9-3-6-12(32,33)15(38,39)18(44,45)21(50,51)24(56,57)27(64,65)66/h1-9H2. The number of hydrogen-bond acceptors (Lipinski definition) is 0. The lowest BCUT2D eigenvalue weighted by Crippen LogP contribution is -2.70. The Balaban J connectivity index is 6.99. The molecule has 0 aliphatic carbocycles. The highest BCUT2D eigenvalue weighted by Crippen LogP contribution is 2.64. The number of alkyl halides is 39. The van der Waals surface area contributed by atoms with E-state index in [1.165, 1.54) is 0 Å². The van der Waals surface area contributed by atoms with Gasteiger partial charge in [0, 0.05) is 19.3 Å². The molecule has 0 fully saturated rings. The van der Waals surface area contributed by atoms with E-state index in [1.54, 1.807) is 0 Å². The van der Waals surface area contributed by atoms with Crippen LogP contribution in [0.15, 0.2) is 0 Å². The van der Waals surface area contributed by atoms with Crippen LogP contribution in [0.5, 0.6) is 0 Å². The number of hydrogen-bond donors (Lipinski definition) is 0. The van der Waals surface area contributed by atoms with Crippen LogP contribution < -0.4 is 0 Å². The lowest BCUT2D eigenvalue weighted by Gasteiger charge is -2.40. The zero-order valence-corrected chi connectivity index (χ0v) is 31.4. The van der Waals surface area contributed by atoms with Gasteiger partial charge in [0.25, 0.3) is 0 Å². The Morgan fingerprint density at radius 1 is 0.179 bits per heavy atom. The van der Waals surface area contributed by atoms with E-state index < -0.39 is 172 Å². The molecule has 0 aromatic carbocycles. The Morgan fingerprint density at radius 2 is 0.313 bits per heavy atom. The quantitative estimate of drug-likeness (QED) is 0.0667. The molecule has 0 unspecified atom stereocenters. The Bertz CT molecular complexity index is 1450. The molecule has 0 bridgehead atoms. The predicted octanol–water partition coefficient (Wildman–Crippen LogP) is 16.0. The van der Waals surface area contributed by atoms with Gasteiger partial charge in [0.2, 0.25) is 0 Å². The van der Waals surface area contributed by atoms with Crippen molar-refractivity contribution >= 4 is 7.92 Å². The molecular weight excluding hydrogens is 1100 g/mol. The molecule has 0 aliphatic heterocycles. The van der Waals surface area contributed by atoms with Crippen LogP contribution in [0.1, 0.15) is 38.5 Å². The van der Waals surface area contributed by atoms with Gasteiger partial charge in [0.15, 0.2) is 0 Å². The van der Waals surface area contributed by atoms with E-state index in [1.807, 2.05) is 0 Å². The van der Waals surface area contributed by atoms with Gasteiger partial charge in [-0.05, 0) is 37.7 Å². The van der Waals surface area contributed by atoms with E-state index in [-0.39, 0.29) is 0 Å². The summed E-state index contributed by atoms with van der Waals surface area (Å²) >= 11 is 0. The second-order valence-corrected chi connectivity index (χ2v) is 16.3. The zero-order chi connectivity index (χ0) is 54.9. The summed E-state index contributed by atoms with van der Waals surface area (Å²) < 4.78 is 522. The zero-order valence-electron chi connectivity index (χ0n) is 30.6. The van der Waals surface area contributed by atoms with E-state index in [2.05, 4.69) is 0 Å². The van der Waals surface area contributed by atoms with Crippen molar-refractivity contribution in [1.29, 1.82) is 0 Å². The van der Waals surface area contributed by atoms with Gasteiger partial charge in [0.1, 0.15) is 0 Å². The lowest BCUT2D eigenvalue weighted by molar-refractivity contribution is -0.440. The Morgan fingerprint density at radius 3 is 0.448 bits per heavy atom. The van der Waals surface area contributed by atoms with Gasteiger partial charge in [-0.25, -0.2) is 0 Å². The maximum absolute atomic E-state index is 14.2. The molecule has 40 heteroatoms. The summed E-state index contributed by atoms with van der Waals surface area (Å²) in [6.45, 7) is 0. The third-order valence-electron chi connectivity index (χ3n) is 8.89. The number of rotatable bonds is 24. The summed E-state index contributed by atoms with van der Waals surface area (Å²) in [5, 5.41) is 0. The van der Waals surface area contributed by atoms with Gasteiger partial charge in [0.05, 0.1) is 0 Å². The van der Waals surface area contributed by atoms with Gasteiger partial charge >= 0.3 is 107 Å².